The number of ether oxygens (including phenoxy) is 2. The molecular formula is C33H43ClN6O3. The van der Waals surface area contributed by atoms with Crippen LogP contribution < -0.4 is 19.9 Å². The molecule has 2 fully saturated rings. The van der Waals surface area contributed by atoms with Gasteiger partial charge in [0.05, 0.1) is 22.8 Å². The van der Waals surface area contributed by atoms with E-state index in [1.54, 1.807) is 0 Å². The van der Waals surface area contributed by atoms with Crippen molar-refractivity contribution in [1.82, 2.24) is 20.2 Å². The fraction of sp³-hybridized carbons (Fsp3) is 0.545. The van der Waals surface area contributed by atoms with Crippen LogP contribution in [0.4, 0.5) is 16.3 Å². The highest BCUT2D eigenvalue weighted by Crippen LogP contribution is 2.40. The van der Waals surface area contributed by atoms with Crippen LogP contribution in [0, 0.1) is 0 Å². The Morgan fingerprint density at radius 3 is 2.58 bits per heavy atom. The molecule has 10 heteroatoms. The van der Waals surface area contributed by atoms with Crippen molar-refractivity contribution < 1.29 is 14.3 Å². The maximum atomic E-state index is 12.2. The fourth-order valence-corrected chi connectivity index (χ4v) is 7.20. The molecule has 1 amide bonds. The molecule has 43 heavy (non-hydrogen) atoms. The summed E-state index contributed by atoms with van der Waals surface area (Å²) in [6.07, 6.45) is 5.13. The highest BCUT2D eigenvalue weighted by Gasteiger charge is 2.45. The van der Waals surface area contributed by atoms with E-state index in [1.807, 2.05) is 40.0 Å². The zero-order valence-electron chi connectivity index (χ0n) is 25.8. The predicted molar refractivity (Wildman–Crippen MR) is 172 cm³/mol. The molecule has 3 aliphatic rings. The molecule has 1 N–H and O–H groups in total. The molecule has 2 saturated heterocycles. The van der Waals surface area contributed by atoms with Crippen LogP contribution in [0.5, 0.6) is 6.01 Å². The van der Waals surface area contributed by atoms with Gasteiger partial charge in [-0.15, -0.1) is 0 Å². The molecule has 6 rings (SSSR count). The fourth-order valence-electron chi connectivity index (χ4n) is 6.92. The number of likely N-dealkylation sites (N-methyl/N-ethyl adjacent to an activating group) is 1. The average Bonchev–Trinajstić information content (AvgIpc) is 3.55. The molecule has 230 valence electrons. The lowest BCUT2D eigenvalue weighted by Gasteiger charge is -2.34. The lowest BCUT2D eigenvalue weighted by molar-refractivity contribution is 0.0529. The summed E-state index contributed by atoms with van der Waals surface area (Å²) in [7, 11) is 2.01. The van der Waals surface area contributed by atoms with Crippen LogP contribution in [0.3, 0.4) is 0 Å². The number of benzene rings is 2. The van der Waals surface area contributed by atoms with Gasteiger partial charge in [0, 0.05) is 43.3 Å². The maximum Gasteiger partial charge on any atom is 0.407 e. The normalized spacial score (nSPS) is 17.9. The monoisotopic (exact) mass is 606 g/mol. The molecule has 0 unspecified atom stereocenters. The number of halogens is 1. The van der Waals surface area contributed by atoms with Gasteiger partial charge in [-0.2, -0.15) is 9.97 Å². The first-order valence-electron chi connectivity index (χ1n) is 15.5. The summed E-state index contributed by atoms with van der Waals surface area (Å²) in [5.41, 5.74) is 2.76. The van der Waals surface area contributed by atoms with E-state index < -0.39 is 11.7 Å². The third-order valence-corrected chi connectivity index (χ3v) is 9.27. The number of carbonyl (C=O) groups excluding carboxylic acids is 1. The van der Waals surface area contributed by atoms with Gasteiger partial charge in [-0.05, 0) is 83.5 Å². The van der Waals surface area contributed by atoms with Crippen molar-refractivity contribution in [2.75, 3.05) is 56.2 Å². The van der Waals surface area contributed by atoms with Crippen LogP contribution in [0.25, 0.3) is 10.8 Å². The number of hydrogen-bond acceptors (Lipinski definition) is 8. The van der Waals surface area contributed by atoms with Crippen LogP contribution in [0.15, 0.2) is 36.4 Å². The standard InChI is InChI=1S/C33H43ClN6O3/c1-32(2,3)43-31(41)35-16-20-38(4)29-24-13-19-39(27-12-6-10-23-9-5-11-25(34)28(23)27)21-26(24)36-30(37-29)42-22-33-14-7-17-40(33)18-8-15-33/h5-6,9-12H,7-8,13-22H2,1-4H3,(H,35,41). The number of hydrogen-bond donors (Lipinski definition) is 1. The van der Waals surface area contributed by atoms with Crippen molar-refractivity contribution in [2.45, 2.75) is 70.6 Å². The average molecular weight is 607 g/mol. The van der Waals surface area contributed by atoms with E-state index in [-0.39, 0.29) is 5.54 Å². The minimum absolute atomic E-state index is 0.106. The molecule has 3 aromatic rings. The second kappa shape index (κ2) is 12.0. The zero-order chi connectivity index (χ0) is 30.2. The SMILES string of the molecule is CN(CCNC(=O)OC(C)(C)C)c1nc(OCC23CCCN2CCC3)nc2c1CCN(c1cccc3cccc(Cl)c13)C2. The zero-order valence-corrected chi connectivity index (χ0v) is 26.5. The van der Waals surface area contributed by atoms with Crippen molar-refractivity contribution in [3.63, 3.8) is 0 Å². The lowest BCUT2D eigenvalue weighted by atomic mass is 9.95. The van der Waals surface area contributed by atoms with Crippen LogP contribution in [0.1, 0.15) is 57.7 Å². The maximum absolute atomic E-state index is 12.2. The Kier molecular flexibility index (Phi) is 8.31. The summed E-state index contributed by atoms with van der Waals surface area (Å²) in [6.45, 7) is 10.9. The molecule has 0 saturated carbocycles. The van der Waals surface area contributed by atoms with Crippen molar-refractivity contribution in [2.24, 2.45) is 0 Å². The quantitative estimate of drug-likeness (QED) is 0.344. The molecule has 1 aromatic heterocycles. The number of amides is 1. The lowest BCUT2D eigenvalue weighted by Crippen LogP contribution is -2.43. The molecule has 0 radical (unpaired) electrons. The van der Waals surface area contributed by atoms with Gasteiger partial charge in [0.25, 0.3) is 0 Å². The summed E-state index contributed by atoms with van der Waals surface area (Å²) < 4.78 is 11.9. The van der Waals surface area contributed by atoms with Gasteiger partial charge < -0.3 is 24.6 Å². The Morgan fingerprint density at radius 2 is 1.84 bits per heavy atom. The Hall–Kier alpha value is -3.30. The molecule has 3 aliphatic heterocycles. The molecule has 0 spiro atoms. The van der Waals surface area contributed by atoms with E-state index in [0.29, 0.717) is 32.3 Å². The number of nitrogens with zero attached hydrogens (tertiary/aromatic N) is 5. The first-order valence-corrected chi connectivity index (χ1v) is 15.9. The summed E-state index contributed by atoms with van der Waals surface area (Å²) in [5.74, 6) is 0.855. The van der Waals surface area contributed by atoms with Gasteiger partial charge in [-0.25, -0.2) is 4.79 Å². The van der Waals surface area contributed by atoms with Crippen molar-refractivity contribution >= 4 is 40.0 Å². The highest BCUT2D eigenvalue weighted by molar-refractivity contribution is 6.36. The number of aromatic nitrogens is 2. The Morgan fingerprint density at radius 1 is 1.09 bits per heavy atom. The largest absolute Gasteiger partial charge is 0.461 e. The van der Waals surface area contributed by atoms with Crippen LogP contribution >= 0.6 is 11.6 Å². The summed E-state index contributed by atoms with van der Waals surface area (Å²) in [5, 5.41) is 5.80. The Balaban J connectivity index is 1.26. The first kappa shape index (κ1) is 29.8. The minimum Gasteiger partial charge on any atom is -0.461 e. The first-order chi connectivity index (χ1) is 20.6. The predicted octanol–water partition coefficient (Wildman–Crippen LogP) is 5.81. The van der Waals surface area contributed by atoms with Crippen LogP contribution in [-0.4, -0.2) is 78.5 Å². The van der Waals surface area contributed by atoms with Crippen LogP contribution in [0.2, 0.25) is 5.02 Å². The molecule has 9 nitrogen and oxygen atoms in total. The summed E-state index contributed by atoms with van der Waals surface area (Å²) in [6, 6.07) is 12.8. The second-order valence-corrected chi connectivity index (χ2v) is 13.5. The molecular weight excluding hydrogens is 564 g/mol. The van der Waals surface area contributed by atoms with Gasteiger partial charge in [-0.1, -0.05) is 35.9 Å². The van der Waals surface area contributed by atoms with E-state index in [4.69, 9.17) is 31.0 Å². The van der Waals surface area contributed by atoms with Gasteiger partial charge in [0.1, 0.15) is 18.0 Å². The Labute approximate surface area is 259 Å². The van der Waals surface area contributed by atoms with Crippen molar-refractivity contribution in [3.05, 3.63) is 52.7 Å². The van der Waals surface area contributed by atoms with E-state index in [9.17, 15) is 4.79 Å². The number of nitrogens with one attached hydrogen (secondary N) is 1. The molecule has 0 aliphatic carbocycles. The van der Waals surface area contributed by atoms with E-state index in [0.717, 1.165) is 77.5 Å². The number of alkyl carbamates (subject to hydrolysis) is 1. The van der Waals surface area contributed by atoms with Gasteiger partial charge in [0.2, 0.25) is 0 Å². The van der Waals surface area contributed by atoms with E-state index >= 15 is 0 Å². The van der Waals surface area contributed by atoms with Crippen molar-refractivity contribution in [1.29, 1.82) is 0 Å². The minimum atomic E-state index is -0.540. The Bertz CT molecular complexity index is 1480. The highest BCUT2D eigenvalue weighted by atomic mass is 35.5. The topological polar surface area (TPSA) is 83.1 Å². The van der Waals surface area contributed by atoms with Crippen LogP contribution in [-0.2, 0) is 17.7 Å². The molecule has 0 bridgehead atoms. The summed E-state index contributed by atoms with van der Waals surface area (Å²) in [4.78, 5) is 29.3. The smallest absolute Gasteiger partial charge is 0.407 e. The second-order valence-electron chi connectivity index (χ2n) is 13.1. The number of rotatable bonds is 8. The molecule has 4 heterocycles. The number of fused-ring (bicyclic) bond motifs is 3. The van der Waals surface area contributed by atoms with Gasteiger partial charge in [-0.3, -0.25) is 4.90 Å². The molecule has 0 atom stereocenters. The van der Waals surface area contributed by atoms with Crippen molar-refractivity contribution in [3.8, 4) is 6.01 Å². The van der Waals surface area contributed by atoms with E-state index in [1.165, 1.54) is 12.8 Å². The van der Waals surface area contributed by atoms with Gasteiger partial charge in [0.15, 0.2) is 0 Å². The third kappa shape index (κ3) is 6.34. The molecule has 2 aromatic carbocycles. The van der Waals surface area contributed by atoms with E-state index in [2.05, 4.69) is 44.3 Å². The van der Waals surface area contributed by atoms with Gasteiger partial charge >= 0.3 is 12.1 Å². The third-order valence-electron chi connectivity index (χ3n) is 8.95. The number of carbonyl (C=O) groups is 1. The number of anilines is 2. The summed E-state index contributed by atoms with van der Waals surface area (Å²) >= 11 is 6.71.